The number of carboxylic acid groups (broad SMARTS) is 1. The molecule has 0 aliphatic carbocycles. The minimum atomic E-state index is -0.998. The highest BCUT2D eigenvalue weighted by atomic mass is 16.4. The van der Waals surface area contributed by atoms with Crippen LogP contribution in [0.15, 0.2) is 6.08 Å². The van der Waals surface area contributed by atoms with Crippen LogP contribution in [0.1, 0.15) is 24.6 Å². The minimum absolute atomic E-state index is 0.0248. The maximum atomic E-state index is 10.6. The van der Waals surface area contributed by atoms with Gasteiger partial charge in [0.1, 0.15) is 5.82 Å². The van der Waals surface area contributed by atoms with Crippen LogP contribution in [0.3, 0.4) is 0 Å². The lowest BCUT2D eigenvalue weighted by Gasteiger charge is -2.25. The predicted octanol–water partition coefficient (Wildman–Crippen LogP) is 1.56. The second-order valence-electron chi connectivity index (χ2n) is 4.44. The fraction of sp³-hybridized carbons (Fsp3) is 0.462. The van der Waals surface area contributed by atoms with Crippen LogP contribution in [-0.4, -0.2) is 33.9 Å². The van der Waals surface area contributed by atoms with E-state index in [-0.39, 0.29) is 6.04 Å². The van der Waals surface area contributed by atoms with Crippen molar-refractivity contribution in [3.05, 3.63) is 17.3 Å². The van der Waals surface area contributed by atoms with E-state index in [9.17, 15) is 4.79 Å². The number of carboxylic acids is 1. The van der Waals surface area contributed by atoms with Crippen molar-refractivity contribution in [3.63, 3.8) is 0 Å². The summed E-state index contributed by atoms with van der Waals surface area (Å²) in [6.07, 6.45) is 3.02. The van der Waals surface area contributed by atoms with E-state index >= 15 is 0 Å². The van der Waals surface area contributed by atoms with E-state index in [0.29, 0.717) is 6.42 Å². The second-order valence-corrected chi connectivity index (χ2v) is 4.44. The number of carbonyl (C=O) groups is 1. The molecule has 1 aromatic rings. The number of nitrogens with zero attached hydrogens (tertiary/aromatic N) is 4. The van der Waals surface area contributed by atoms with Crippen LogP contribution in [0, 0.1) is 18.3 Å². The van der Waals surface area contributed by atoms with Crippen molar-refractivity contribution in [2.24, 2.45) is 7.05 Å². The molecule has 0 aromatic carbocycles. The van der Waals surface area contributed by atoms with E-state index < -0.39 is 5.97 Å². The van der Waals surface area contributed by atoms with Crippen LogP contribution >= 0.6 is 0 Å². The molecular formula is C13H18N4O2. The summed E-state index contributed by atoms with van der Waals surface area (Å²) in [6, 6.07) is 2.16. The quantitative estimate of drug-likeness (QED) is 0.814. The van der Waals surface area contributed by atoms with Gasteiger partial charge < -0.3 is 10.0 Å². The van der Waals surface area contributed by atoms with Gasteiger partial charge in [-0.3, -0.25) is 4.68 Å². The number of aromatic nitrogens is 2. The normalized spacial score (nSPS) is 12.4. The fourth-order valence-electron chi connectivity index (χ4n) is 1.91. The van der Waals surface area contributed by atoms with Gasteiger partial charge in [-0.2, -0.15) is 10.4 Å². The van der Waals surface area contributed by atoms with Gasteiger partial charge in [0.15, 0.2) is 0 Å². The number of hydrogen-bond donors (Lipinski definition) is 1. The molecule has 1 unspecified atom stereocenters. The van der Waals surface area contributed by atoms with E-state index in [1.54, 1.807) is 11.7 Å². The maximum absolute atomic E-state index is 10.6. The molecule has 1 rings (SSSR count). The Morgan fingerprint density at radius 3 is 2.84 bits per heavy atom. The Kier molecular flexibility index (Phi) is 4.70. The largest absolute Gasteiger partial charge is 0.478 e. The molecule has 1 heterocycles. The SMILES string of the molecule is Cc1nn(C)c(N(C)C(C)CC#N)c1/C=C/C(=O)O. The minimum Gasteiger partial charge on any atom is -0.478 e. The third kappa shape index (κ3) is 3.35. The van der Waals surface area contributed by atoms with Crippen molar-refractivity contribution >= 4 is 17.9 Å². The Bertz CT molecular complexity index is 540. The summed E-state index contributed by atoms with van der Waals surface area (Å²) in [5.74, 6) is -0.195. The molecule has 0 bridgehead atoms. The Labute approximate surface area is 112 Å². The second kappa shape index (κ2) is 6.05. The van der Waals surface area contributed by atoms with Crippen LogP contribution in [0.25, 0.3) is 6.08 Å². The van der Waals surface area contributed by atoms with Crippen LogP contribution in [-0.2, 0) is 11.8 Å². The van der Waals surface area contributed by atoms with Gasteiger partial charge in [0.25, 0.3) is 0 Å². The molecule has 0 amide bonds. The Hall–Kier alpha value is -2.29. The number of rotatable bonds is 5. The highest BCUT2D eigenvalue weighted by molar-refractivity contribution is 5.87. The molecule has 0 spiro atoms. The van der Waals surface area contributed by atoms with Crippen molar-refractivity contribution in [2.45, 2.75) is 26.3 Å². The average Bonchev–Trinajstić information content (AvgIpc) is 2.60. The molecular weight excluding hydrogens is 244 g/mol. The molecule has 0 saturated carbocycles. The summed E-state index contributed by atoms with van der Waals surface area (Å²) < 4.78 is 1.70. The summed E-state index contributed by atoms with van der Waals surface area (Å²) in [7, 11) is 3.67. The molecule has 0 fully saturated rings. The molecule has 102 valence electrons. The van der Waals surface area contributed by atoms with Gasteiger partial charge in [0.05, 0.1) is 18.2 Å². The molecule has 1 aromatic heterocycles. The van der Waals surface area contributed by atoms with E-state index in [2.05, 4.69) is 11.2 Å². The van der Waals surface area contributed by atoms with Crippen LogP contribution in [0.5, 0.6) is 0 Å². The summed E-state index contributed by atoms with van der Waals surface area (Å²) in [6.45, 7) is 3.77. The molecule has 0 radical (unpaired) electrons. The predicted molar refractivity (Wildman–Crippen MR) is 72.7 cm³/mol. The van der Waals surface area contributed by atoms with Crippen LogP contribution in [0.2, 0.25) is 0 Å². The van der Waals surface area contributed by atoms with E-state index in [1.165, 1.54) is 6.08 Å². The van der Waals surface area contributed by atoms with Gasteiger partial charge in [-0.1, -0.05) is 0 Å². The zero-order valence-corrected chi connectivity index (χ0v) is 11.6. The van der Waals surface area contributed by atoms with Gasteiger partial charge in [-0.25, -0.2) is 4.79 Å². The van der Waals surface area contributed by atoms with Gasteiger partial charge in [0, 0.05) is 31.8 Å². The van der Waals surface area contributed by atoms with Crippen molar-refractivity contribution in [3.8, 4) is 6.07 Å². The standard InChI is InChI=1S/C13H18N4O2/c1-9(7-8-14)16(3)13-11(5-6-12(18)19)10(2)15-17(13)4/h5-6,9H,7H2,1-4H3,(H,18,19)/b6-5+. The van der Waals surface area contributed by atoms with Crippen molar-refractivity contribution in [1.82, 2.24) is 9.78 Å². The first-order valence-corrected chi connectivity index (χ1v) is 5.92. The van der Waals surface area contributed by atoms with Crippen molar-refractivity contribution in [2.75, 3.05) is 11.9 Å². The zero-order valence-electron chi connectivity index (χ0n) is 11.6. The first kappa shape index (κ1) is 14.8. The molecule has 0 aliphatic rings. The number of nitriles is 1. The highest BCUT2D eigenvalue weighted by Gasteiger charge is 2.19. The van der Waals surface area contributed by atoms with Gasteiger partial charge in [-0.15, -0.1) is 0 Å². The Balaban J connectivity index is 3.19. The Morgan fingerprint density at radius 1 is 1.68 bits per heavy atom. The molecule has 6 nitrogen and oxygen atoms in total. The number of aliphatic carboxylic acids is 1. The van der Waals surface area contributed by atoms with Crippen molar-refractivity contribution < 1.29 is 9.90 Å². The third-order valence-corrected chi connectivity index (χ3v) is 3.01. The summed E-state index contributed by atoms with van der Waals surface area (Å²) >= 11 is 0. The highest BCUT2D eigenvalue weighted by Crippen LogP contribution is 2.25. The molecule has 6 heteroatoms. The van der Waals surface area contributed by atoms with Gasteiger partial charge in [0.2, 0.25) is 0 Å². The lowest BCUT2D eigenvalue weighted by Crippen LogP contribution is -2.30. The maximum Gasteiger partial charge on any atom is 0.328 e. The van der Waals surface area contributed by atoms with Crippen molar-refractivity contribution in [1.29, 1.82) is 5.26 Å². The topological polar surface area (TPSA) is 82.2 Å². The smallest absolute Gasteiger partial charge is 0.328 e. The zero-order chi connectivity index (χ0) is 14.6. The average molecular weight is 262 g/mol. The summed E-state index contributed by atoms with van der Waals surface area (Å²) in [5, 5.41) is 21.8. The number of anilines is 1. The summed E-state index contributed by atoms with van der Waals surface area (Å²) in [4.78, 5) is 12.6. The van der Waals surface area contributed by atoms with E-state index in [4.69, 9.17) is 10.4 Å². The molecule has 0 aliphatic heterocycles. The summed E-state index contributed by atoms with van der Waals surface area (Å²) in [5.41, 5.74) is 1.52. The fourth-order valence-corrected chi connectivity index (χ4v) is 1.91. The monoisotopic (exact) mass is 262 g/mol. The molecule has 1 N–H and O–H groups in total. The number of hydrogen-bond acceptors (Lipinski definition) is 4. The van der Waals surface area contributed by atoms with Crippen LogP contribution < -0.4 is 4.90 Å². The molecule has 19 heavy (non-hydrogen) atoms. The number of aryl methyl sites for hydroxylation is 2. The lowest BCUT2D eigenvalue weighted by atomic mass is 10.1. The molecule has 0 saturated heterocycles. The van der Waals surface area contributed by atoms with Gasteiger partial charge in [-0.05, 0) is 19.9 Å². The first-order valence-electron chi connectivity index (χ1n) is 5.92. The van der Waals surface area contributed by atoms with E-state index in [1.807, 2.05) is 25.8 Å². The lowest BCUT2D eigenvalue weighted by molar-refractivity contribution is -0.131. The van der Waals surface area contributed by atoms with Crippen LogP contribution in [0.4, 0.5) is 5.82 Å². The van der Waals surface area contributed by atoms with E-state index in [0.717, 1.165) is 23.2 Å². The first-order chi connectivity index (χ1) is 8.88. The molecule has 1 atom stereocenters. The Morgan fingerprint density at radius 2 is 2.32 bits per heavy atom. The van der Waals surface area contributed by atoms with Gasteiger partial charge >= 0.3 is 5.97 Å². The third-order valence-electron chi connectivity index (χ3n) is 3.01.